The quantitative estimate of drug-likeness (QED) is 0.535. The molecular formula is C25H28BrN3O4. The van der Waals surface area contributed by atoms with Crippen molar-refractivity contribution in [2.24, 2.45) is 0 Å². The Hall–Kier alpha value is -2.97. The molecule has 1 aromatic heterocycles. The zero-order valence-corrected chi connectivity index (χ0v) is 20.8. The topological polar surface area (TPSA) is 80.8 Å². The second-order valence-electron chi connectivity index (χ2n) is 7.89. The van der Waals surface area contributed by atoms with E-state index in [4.69, 9.17) is 9.47 Å². The predicted octanol–water partition coefficient (Wildman–Crippen LogP) is 3.93. The van der Waals surface area contributed by atoms with Crippen LogP contribution in [-0.2, 0) is 25.6 Å². The minimum Gasteiger partial charge on any atom is -0.466 e. The van der Waals surface area contributed by atoms with Gasteiger partial charge in [-0.05, 0) is 38.6 Å². The molecule has 0 bridgehead atoms. The van der Waals surface area contributed by atoms with Gasteiger partial charge in [0.05, 0.1) is 29.9 Å². The summed E-state index contributed by atoms with van der Waals surface area (Å²) in [5, 5.41) is 3.13. The molecule has 3 rings (SSSR count). The molecule has 174 valence electrons. The van der Waals surface area contributed by atoms with Crippen LogP contribution in [0.1, 0.15) is 31.0 Å². The van der Waals surface area contributed by atoms with Gasteiger partial charge >= 0.3 is 11.9 Å². The number of allylic oxidation sites excluding steroid dienone is 2. The first-order valence-electron chi connectivity index (χ1n) is 10.6. The molecular weight excluding hydrogens is 486 g/mol. The van der Waals surface area contributed by atoms with Gasteiger partial charge in [-0.1, -0.05) is 46.3 Å². The van der Waals surface area contributed by atoms with Crippen molar-refractivity contribution in [1.82, 2.24) is 15.2 Å². The van der Waals surface area contributed by atoms with Crippen LogP contribution in [0, 0.1) is 0 Å². The molecule has 0 fully saturated rings. The van der Waals surface area contributed by atoms with Gasteiger partial charge in [0.1, 0.15) is 6.61 Å². The maximum absolute atomic E-state index is 13.2. The lowest BCUT2D eigenvalue weighted by molar-refractivity contribution is -0.139. The number of carbonyl (C=O) groups excluding carboxylic acids is 2. The second kappa shape index (κ2) is 11.2. The maximum Gasteiger partial charge on any atom is 0.336 e. The molecule has 1 aliphatic rings. The maximum atomic E-state index is 13.2. The van der Waals surface area contributed by atoms with Crippen LogP contribution < -0.4 is 5.32 Å². The van der Waals surface area contributed by atoms with Crippen LogP contribution in [0.5, 0.6) is 0 Å². The smallest absolute Gasteiger partial charge is 0.336 e. The molecule has 0 amide bonds. The number of esters is 2. The molecule has 0 aliphatic carbocycles. The number of nitrogens with zero attached hydrogens (tertiary/aromatic N) is 2. The van der Waals surface area contributed by atoms with E-state index >= 15 is 0 Å². The Kier molecular flexibility index (Phi) is 8.41. The van der Waals surface area contributed by atoms with Gasteiger partial charge in [0.2, 0.25) is 0 Å². The van der Waals surface area contributed by atoms with E-state index < -0.39 is 17.9 Å². The molecule has 1 N–H and O–H groups in total. The Bertz CT molecular complexity index is 1080. The first-order valence-corrected chi connectivity index (χ1v) is 11.4. The van der Waals surface area contributed by atoms with Crippen molar-refractivity contribution < 1.29 is 19.1 Å². The van der Waals surface area contributed by atoms with Crippen molar-refractivity contribution in [3.05, 3.63) is 86.9 Å². The lowest BCUT2D eigenvalue weighted by Crippen LogP contribution is -2.33. The largest absolute Gasteiger partial charge is 0.466 e. The average molecular weight is 514 g/mol. The molecule has 1 atom stereocenters. The standard InChI is InChI=1S/C25H28BrN3O4/c1-16-21(24(30)32-4)23(20-14-19(26)10-11-27-20)22(17(2)28-16)25(31)33-13-12-29(3)15-18-8-6-5-7-9-18/h5-11,14,23,28H,12-13,15H2,1-4H3. The van der Waals surface area contributed by atoms with Crippen LogP contribution in [0.15, 0.2) is 75.7 Å². The van der Waals surface area contributed by atoms with Gasteiger partial charge in [0.15, 0.2) is 0 Å². The normalized spacial score (nSPS) is 16.0. The number of benzene rings is 1. The van der Waals surface area contributed by atoms with E-state index in [1.54, 1.807) is 32.2 Å². The van der Waals surface area contributed by atoms with E-state index in [0.29, 0.717) is 34.8 Å². The number of nitrogens with one attached hydrogen (secondary N) is 1. The molecule has 0 spiro atoms. The summed E-state index contributed by atoms with van der Waals surface area (Å²) in [6.07, 6.45) is 1.63. The number of likely N-dealkylation sites (N-methyl/N-ethyl adjacent to an activating group) is 1. The van der Waals surface area contributed by atoms with Gasteiger partial charge in [-0.15, -0.1) is 0 Å². The summed E-state index contributed by atoms with van der Waals surface area (Å²) in [6.45, 7) is 5.11. The van der Waals surface area contributed by atoms with Crippen LogP contribution in [0.25, 0.3) is 0 Å². The molecule has 7 nitrogen and oxygen atoms in total. The number of methoxy groups -OCH3 is 1. The summed E-state index contributed by atoms with van der Waals surface area (Å²) in [6, 6.07) is 13.7. The van der Waals surface area contributed by atoms with Crippen molar-refractivity contribution in [3.63, 3.8) is 0 Å². The highest BCUT2D eigenvalue weighted by atomic mass is 79.9. The van der Waals surface area contributed by atoms with Gasteiger partial charge in [0.25, 0.3) is 0 Å². The Morgan fingerprint density at radius 3 is 2.39 bits per heavy atom. The zero-order chi connectivity index (χ0) is 24.0. The third-order valence-electron chi connectivity index (χ3n) is 5.43. The van der Waals surface area contributed by atoms with Crippen molar-refractivity contribution in [2.45, 2.75) is 26.3 Å². The fraction of sp³-hybridized carbons (Fsp3) is 0.320. The molecule has 0 saturated heterocycles. The molecule has 1 aromatic carbocycles. The molecule has 0 radical (unpaired) electrons. The summed E-state index contributed by atoms with van der Waals surface area (Å²) in [4.78, 5) is 32.4. The zero-order valence-electron chi connectivity index (χ0n) is 19.2. The average Bonchev–Trinajstić information content (AvgIpc) is 2.78. The van der Waals surface area contributed by atoms with Crippen molar-refractivity contribution in [1.29, 1.82) is 0 Å². The summed E-state index contributed by atoms with van der Waals surface area (Å²) in [5.74, 6) is -1.72. The Morgan fingerprint density at radius 1 is 1.09 bits per heavy atom. The lowest BCUT2D eigenvalue weighted by Gasteiger charge is -2.29. The van der Waals surface area contributed by atoms with Crippen molar-refractivity contribution >= 4 is 27.9 Å². The van der Waals surface area contributed by atoms with Crippen LogP contribution >= 0.6 is 15.9 Å². The number of rotatable bonds is 8. The Morgan fingerprint density at radius 2 is 1.76 bits per heavy atom. The summed E-state index contributed by atoms with van der Waals surface area (Å²) >= 11 is 3.45. The molecule has 33 heavy (non-hydrogen) atoms. The van der Waals surface area contributed by atoms with E-state index in [1.807, 2.05) is 25.2 Å². The summed E-state index contributed by atoms with van der Waals surface area (Å²) in [7, 11) is 3.29. The Balaban J connectivity index is 1.79. The number of halogens is 1. The first kappa shape index (κ1) is 24.7. The number of carbonyl (C=O) groups is 2. The fourth-order valence-corrected chi connectivity index (χ4v) is 4.22. The molecule has 1 unspecified atom stereocenters. The van der Waals surface area contributed by atoms with E-state index in [9.17, 15) is 9.59 Å². The van der Waals surface area contributed by atoms with Gasteiger partial charge in [-0.2, -0.15) is 0 Å². The van der Waals surface area contributed by atoms with Gasteiger partial charge < -0.3 is 14.8 Å². The van der Waals surface area contributed by atoms with E-state index in [2.05, 4.69) is 43.3 Å². The number of dihydropyridines is 1. The van der Waals surface area contributed by atoms with Gasteiger partial charge in [0, 0.05) is 35.2 Å². The lowest BCUT2D eigenvalue weighted by atomic mass is 9.83. The fourth-order valence-electron chi connectivity index (χ4n) is 3.87. The molecule has 2 heterocycles. The number of pyridine rings is 1. The highest BCUT2D eigenvalue weighted by Gasteiger charge is 2.38. The molecule has 1 aliphatic heterocycles. The Labute approximate surface area is 202 Å². The first-order chi connectivity index (χ1) is 15.8. The van der Waals surface area contributed by atoms with E-state index in [-0.39, 0.29) is 6.61 Å². The minimum absolute atomic E-state index is 0.216. The van der Waals surface area contributed by atoms with E-state index in [0.717, 1.165) is 11.0 Å². The van der Waals surface area contributed by atoms with Crippen molar-refractivity contribution in [3.8, 4) is 0 Å². The third kappa shape index (κ3) is 6.09. The number of aromatic nitrogens is 1. The number of hydrogen-bond donors (Lipinski definition) is 1. The number of hydrogen-bond acceptors (Lipinski definition) is 7. The minimum atomic E-state index is -0.703. The molecule has 0 saturated carbocycles. The van der Waals surface area contributed by atoms with Crippen LogP contribution in [0.2, 0.25) is 0 Å². The summed E-state index contributed by atoms with van der Waals surface area (Å²) < 4.78 is 11.5. The SMILES string of the molecule is COC(=O)C1=C(C)NC(C)=C(C(=O)OCCN(C)Cc2ccccc2)C1c1cc(Br)ccn1. The third-order valence-corrected chi connectivity index (χ3v) is 5.92. The monoisotopic (exact) mass is 513 g/mol. The van der Waals surface area contributed by atoms with E-state index in [1.165, 1.54) is 12.7 Å². The molecule has 8 heteroatoms. The van der Waals surface area contributed by atoms with Gasteiger partial charge in [-0.25, -0.2) is 9.59 Å². The van der Waals surface area contributed by atoms with Crippen LogP contribution in [0.3, 0.4) is 0 Å². The number of ether oxygens (including phenoxy) is 2. The van der Waals surface area contributed by atoms with Gasteiger partial charge in [-0.3, -0.25) is 9.88 Å². The van der Waals surface area contributed by atoms with Crippen LogP contribution in [0.4, 0.5) is 0 Å². The van der Waals surface area contributed by atoms with Crippen LogP contribution in [-0.4, -0.2) is 49.1 Å². The predicted molar refractivity (Wildman–Crippen MR) is 129 cm³/mol. The second-order valence-corrected chi connectivity index (χ2v) is 8.80. The summed E-state index contributed by atoms with van der Waals surface area (Å²) in [5.41, 5.74) is 3.66. The molecule has 2 aromatic rings. The highest BCUT2D eigenvalue weighted by molar-refractivity contribution is 9.10. The highest BCUT2D eigenvalue weighted by Crippen LogP contribution is 2.38. The van der Waals surface area contributed by atoms with Crippen molar-refractivity contribution in [2.75, 3.05) is 27.3 Å².